The Kier molecular flexibility index (Phi) is 6.10. The molecule has 0 saturated carbocycles. The molecular weight excluding hydrogens is 394 g/mol. The molecule has 0 bridgehead atoms. The van der Waals surface area contributed by atoms with Crippen LogP contribution < -0.4 is 5.32 Å². The minimum Gasteiger partial charge on any atom is -0.326 e. The molecule has 7 heteroatoms. The van der Waals surface area contributed by atoms with E-state index in [1.165, 1.54) is 22.2 Å². The van der Waals surface area contributed by atoms with E-state index in [0.717, 1.165) is 16.8 Å². The van der Waals surface area contributed by atoms with E-state index in [4.69, 9.17) is 11.6 Å². The fourth-order valence-corrected chi connectivity index (χ4v) is 4.13. The van der Waals surface area contributed by atoms with Crippen molar-refractivity contribution >= 4 is 51.7 Å². The van der Waals surface area contributed by atoms with Crippen LogP contribution in [0.2, 0.25) is 5.02 Å². The predicted octanol–water partition coefficient (Wildman–Crippen LogP) is 4.86. The van der Waals surface area contributed by atoms with Crippen molar-refractivity contribution < 1.29 is 9.59 Å². The van der Waals surface area contributed by atoms with Gasteiger partial charge in [0.25, 0.3) is 0 Å². The van der Waals surface area contributed by atoms with E-state index in [0.29, 0.717) is 15.9 Å². The Morgan fingerprint density at radius 3 is 2.57 bits per heavy atom. The molecule has 1 fully saturated rings. The second-order valence-corrected chi connectivity index (χ2v) is 8.48. The number of carbonyl (C=O) groups is 2. The molecule has 2 aromatic rings. The van der Waals surface area contributed by atoms with Crippen molar-refractivity contribution in [2.24, 2.45) is 4.99 Å². The first-order valence-corrected chi connectivity index (χ1v) is 10.2. The Bertz CT molecular complexity index is 974. The monoisotopic (exact) mass is 415 g/mol. The number of aliphatic imine (C=N–C) groups is 1. The number of benzene rings is 2. The summed E-state index contributed by atoms with van der Waals surface area (Å²) in [6, 6.07) is 11.2. The molecule has 5 nitrogen and oxygen atoms in total. The highest BCUT2D eigenvalue weighted by Gasteiger charge is 2.37. The van der Waals surface area contributed by atoms with Crippen LogP contribution in [0.25, 0.3) is 0 Å². The summed E-state index contributed by atoms with van der Waals surface area (Å²) in [6.07, 6.45) is 0.0751. The highest BCUT2D eigenvalue weighted by Crippen LogP contribution is 2.31. The van der Waals surface area contributed by atoms with Gasteiger partial charge in [-0.3, -0.25) is 14.5 Å². The first-order valence-electron chi connectivity index (χ1n) is 8.91. The molecule has 0 radical (unpaired) electrons. The first-order chi connectivity index (χ1) is 13.2. The molecule has 1 aliphatic rings. The average Bonchev–Trinajstić information content (AvgIpc) is 2.89. The van der Waals surface area contributed by atoms with Gasteiger partial charge in [0.05, 0.1) is 5.69 Å². The molecule has 28 heavy (non-hydrogen) atoms. The molecule has 1 aliphatic heterocycles. The number of carbonyl (C=O) groups excluding carboxylic acids is 2. The van der Waals surface area contributed by atoms with Gasteiger partial charge in [0.1, 0.15) is 5.25 Å². The van der Waals surface area contributed by atoms with Crippen molar-refractivity contribution in [1.82, 2.24) is 4.90 Å². The van der Waals surface area contributed by atoms with Crippen molar-refractivity contribution in [3.05, 3.63) is 58.1 Å². The zero-order valence-corrected chi connectivity index (χ0v) is 17.8. The third-order valence-corrected chi connectivity index (χ3v) is 6.16. The normalized spacial score (nSPS) is 18.0. The van der Waals surface area contributed by atoms with Crippen LogP contribution in [0.15, 0.2) is 41.4 Å². The molecule has 1 N–H and O–H groups in total. The lowest BCUT2D eigenvalue weighted by Crippen LogP contribution is -2.30. The molecule has 0 unspecified atom stereocenters. The molecule has 0 aromatic heterocycles. The van der Waals surface area contributed by atoms with Crippen LogP contribution >= 0.6 is 23.4 Å². The molecule has 0 aliphatic carbocycles. The smallest absolute Gasteiger partial charge is 0.242 e. The lowest BCUT2D eigenvalue weighted by molar-refractivity contribution is -0.127. The molecule has 2 aromatic carbocycles. The summed E-state index contributed by atoms with van der Waals surface area (Å²) in [6.45, 7) is 5.96. The van der Waals surface area contributed by atoms with E-state index < -0.39 is 5.25 Å². The van der Waals surface area contributed by atoms with Crippen LogP contribution in [0.1, 0.15) is 23.1 Å². The fraction of sp³-hybridized carbons (Fsp3) is 0.286. The Balaban J connectivity index is 1.70. The highest BCUT2D eigenvalue weighted by atomic mass is 35.5. The zero-order chi connectivity index (χ0) is 20.4. The van der Waals surface area contributed by atoms with Gasteiger partial charge in [-0.15, -0.1) is 0 Å². The summed E-state index contributed by atoms with van der Waals surface area (Å²) in [4.78, 5) is 31.1. The number of hydrogen-bond donors (Lipinski definition) is 1. The molecule has 0 spiro atoms. The predicted molar refractivity (Wildman–Crippen MR) is 117 cm³/mol. The zero-order valence-electron chi connectivity index (χ0n) is 16.2. The molecular formula is C21H22ClN3O2S. The van der Waals surface area contributed by atoms with Crippen LogP contribution in [-0.4, -0.2) is 34.2 Å². The fourth-order valence-electron chi connectivity index (χ4n) is 2.80. The summed E-state index contributed by atoms with van der Waals surface area (Å²) in [7, 11) is 1.69. The second kappa shape index (κ2) is 8.37. The number of aryl methyl sites for hydroxylation is 3. The van der Waals surface area contributed by atoms with Crippen LogP contribution in [-0.2, 0) is 9.59 Å². The van der Waals surface area contributed by atoms with E-state index in [1.54, 1.807) is 19.2 Å². The van der Waals surface area contributed by atoms with Crippen molar-refractivity contribution in [3.63, 3.8) is 0 Å². The number of anilines is 1. The number of halogens is 1. The topological polar surface area (TPSA) is 61.8 Å². The maximum Gasteiger partial charge on any atom is 0.242 e. The Labute approximate surface area is 174 Å². The lowest BCUT2D eigenvalue weighted by atomic mass is 10.1. The third-order valence-electron chi connectivity index (χ3n) is 4.70. The van der Waals surface area contributed by atoms with Gasteiger partial charge in [0, 0.05) is 24.2 Å². The Morgan fingerprint density at radius 1 is 1.14 bits per heavy atom. The molecule has 2 amide bonds. The summed E-state index contributed by atoms with van der Waals surface area (Å²) in [5.41, 5.74) is 4.71. The van der Waals surface area contributed by atoms with E-state index in [9.17, 15) is 9.59 Å². The summed E-state index contributed by atoms with van der Waals surface area (Å²) >= 11 is 7.32. The largest absolute Gasteiger partial charge is 0.326 e. The molecule has 146 valence electrons. The standard InChI is InChI=1S/C21H22ClN3O2S/c1-12-6-8-16(9-14(12)3)23-21-25(4)20(27)18(28-21)11-19(26)24-17-10-15(22)7-5-13(17)2/h5-10,18H,11H2,1-4H3,(H,24,26)/t18-/m0/s1. The summed E-state index contributed by atoms with van der Waals surface area (Å²) in [5, 5.41) is 3.51. The highest BCUT2D eigenvalue weighted by molar-refractivity contribution is 8.15. The van der Waals surface area contributed by atoms with E-state index in [-0.39, 0.29) is 18.2 Å². The van der Waals surface area contributed by atoms with Crippen molar-refractivity contribution in [2.45, 2.75) is 32.4 Å². The molecule has 1 saturated heterocycles. The van der Waals surface area contributed by atoms with Crippen molar-refractivity contribution in [1.29, 1.82) is 0 Å². The van der Waals surface area contributed by atoms with Gasteiger partial charge in [-0.25, -0.2) is 4.99 Å². The van der Waals surface area contributed by atoms with E-state index in [2.05, 4.69) is 10.3 Å². The van der Waals surface area contributed by atoms with Crippen LogP contribution in [0.5, 0.6) is 0 Å². The number of nitrogens with zero attached hydrogens (tertiary/aromatic N) is 2. The SMILES string of the molecule is Cc1ccc(N=C2S[C@@H](CC(=O)Nc3cc(Cl)ccc3C)C(=O)N2C)cc1C. The molecule has 1 atom stereocenters. The third kappa shape index (κ3) is 4.56. The average molecular weight is 416 g/mol. The maximum absolute atomic E-state index is 12.6. The number of hydrogen-bond acceptors (Lipinski definition) is 4. The van der Waals surface area contributed by atoms with Crippen molar-refractivity contribution in [2.75, 3.05) is 12.4 Å². The first kappa shape index (κ1) is 20.4. The van der Waals surface area contributed by atoms with Crippen LogP contribution in [0.4, 0.5) is 11.4 Å². The number of amides is 2. The molecule has 3 rings (SSSR count). The van der Waals surface area contributed by atoms with Gasteiger partial charge in [-0.05, 0) is 61.7 Å². The number of amidine groups is 1. The van der Waals surface area contributed by atoms with Crippen LogP contribution in [0, 0.1) is 20.8 Å². The van der Waals surface area contributed by atoms with E-state index in [1.807, 2.05) is 45.0 Å². The minimum absolute atomic E-state index is 0.0751. The van der Waals surface area contributed by atoms with Gasteiger partial charge in [0.15, 0.2) is 5.17 Å². The minimum atomic E-state index is -0.491. The maximum atomic E-state index is 12.6. The Hall–Kier alpha value is -2.31. The van der Waals surface area contributed by atoms with Gasteiger partial charge in [-0.2, -0.15) is 0 Å². The summed E-state index contributed by atoms with van der Waals surface area (Å²) in [5.74, 6) is -0.345. The second-order valence-electron chi connectivity index (χ2n) is 6.88. The number of nitrogens with one attached hydrogen (secondary N) is 1. The van der Waals surface area contributed by atoms with E-state index >= 15 is 0 Å². The van der Waals surface area contributed by atoms with Gasteiger partial charge >= 0.3 is 0 Å². The van der Waals surface area contributed by atoms with Crippen LogP contribution in [0.3, 0.4) is 0 Å². The lowest BCUT2D eigenvalue weighted by Gasteiger charge is -2.11. The summed E-state index contributed by atoms with van der Waals surface area (Å²) < 4.78 is 0. The van der Waals surface area contributed by atoms with Gasteiger partial charge in [-0.1, -0.05) is 35.5 Å². The number of rotatable bonds is 4. The van der Waals surface area contributed by atoms with Gasteiger partial charge in [0.2, 0.25) is 11.8 Å². The Morgan fingerprint density at radius 2 is 1.86 bits per heavy atom. The number of thioether (sulfide) groups is 1. The van der Waals surface area contributed by atoms with Gasteiger partial charge < -0.3 is 5.32 Å². The van der Waals surface area contributed by atoms with Crippen molar-refractivity contribution in [3.8, 4) is 0 Å². The molecule has 1 heterocycles. The quantitative estimate of drug-likeness (QED) is 0.775.